The van der Waals surface area contributed by atoms with Gasteiger partial charge in [0.2, 0.25) is 5.95 Å². The average molecular weight is 641 g/mol. The topological polar surface area (TPSA) is 56.7 Å². The van der Waals surface area contributed by atoms with Gasteiger partial charge < -0.3 is 4.42 Å². The van der Waals surface area contributed by atoms with Gasteiger partial charge in [0, 0.05) is 32.7 Å². The van der Waals surface area contributed by atoms with E-state index >= 15 is 0 Å². The summed E-state index contributed by atoms with van der Waals surface area (Å²) in [7, 11) is 0. The number of hydrogen-bond donors (Lipinski definition) is 0. The highest BCUT2D eigenvalue weighted by Crippen LogP contribution is 2.38. The van der Waals surface area contributed by atoms with Crippen molar-refractivity contribution in [1.29, 1.82) is 0 Å². The van der Waals surface area contributed by atoms with Crippen molar-refractivity contribution in [2.24, 2.45) is 0 Å². The summed E-state index contributed by atoms with van der Waals surface area (Å²) in [6.45, 7) is 0. The van der Waals surface area contributed by atoms with Gasteiger partial charge in [0.05, 0.1) is 11.0 Å². The SMILES string of the molecule is c1ccc(-c2nc(-c3ccc(-c4cccc(-c5cccc6oc7ccccc7c56)c4)cc3)nc(-n3c4ccccc4c4ccccc43)n2)cc1. The number of fused-ring (bicyclic) bond motifs is 6. The van der Waals surface area contributed by atoms with Crippen LogP contribution in [0, 0.1) is 0 Å². The number of para-hydroxylation sites is 3. The second-order valence-corrected chi connectivity index (χ2v) is 12.5. The van der Waals surface area contributed by atoms with Crippen LogP contribution in [0.4, 0.5) is 0 Å². The molecule has 5 heteroatoms. The molecule has 50 heavy (non-hydrogen) atoms. The van der Waals surface area contributed by atoms with Crippen LogP contribution < -0.4 is 0 Å². The van der Waals surface area contributed by atoms with Crippen LogP contribution in [0.5, 0.6) is 0 Å². The first-order chi connectivity index (χ1) is 24.8. The Morgan fingerprint density at radius 1 is 0.380 bits per heavy atom. The summed E-state index contributed by atoms with van der Waals surface area (Å²) >= 11 is 0. The lowest BCUT2D eigenvalue weighted by molar-refractivity contribution is 0.669. The normalized spacial score (nSPS) is 11.6. The highest BCUT2D eigenvalue weighted by atomic mass is 16.3. The molecular weight excluding hydrogens is 613 g/mol. The van der Waals surface area contributed by atoms with Crippen molar-refractivity contribution in [3.05, 3.63) is 170 Å². The lowest BCUT2D eigenvalue weighted by Crippen LogP contribution is -2.06. The fourth-order valence-electron chi connectivity index (χ4n) is 7.14. The standard InChI is InChI=1S/C45H28N4O/c1-2-12-30(13-3-1)43-46-44(48-45(47-43)49-38-20-7-4-16-35(38)36-17-5-8-21-39(36)49)31-26-24-29(25-27-31)32-14-10-15-33(28-32)34-19-11-23-41-42(34)37-18-6-9-22-40(37)50-41/h1-28H. The minimum atomic E-state index is 0.587. The Bertz CT molecular complexity index is 2810. The van der Waals surface area contributed by atoms with E-state index in [1.54, 1.807) is 0 Å². The maximum absolute atomic E-state index is 6.18. The molecule has 234 valence electrons. The Morgan fingerprint density at radius 3 is 1.66 bits per heavy atom. The number of rotatable bonds is 5. The van der Waals surface area contributed by atoms with Crippen molar-refractivity contribution in [1.82, 2.24) is 19.5 Å². The van der Waals surface area contributed by atoms with Gasteiger partial charge in [-0.3, -0.25) is 4.57 Å². The molecule has 7 aromatic carbocycles. The summed E-state index contributed by atoms with van der Waals surface area (Å²) < 4.78 is 8.32. The molecular formula is C45H28N4O. The van der Waals surface area contributed by atoms with Gasteiger partial charge >= 0.3 is 0 Å². The van der Waals surface area contributed by atoms with Crippen molar-refractivity contribution in [2.45, 2.75) is 0 Å². The van der Waals surface area contributed by atoms with E-state index in [9.17, 15) is 0 Å². The van der Waals surface area contributed by atoms with Crippen LogP contribution in [0.1, 0.15) is 0 Å². The number of furan rings is 1. The van der Waals surface area contributed by atoms with Gasteiger partial charge in [-0.05, 0) is 52.6 Å². The smallest absolute Gasteiger partial charge is 0.238 e. The first kappa shape index (κ1) is 28.2. The molecule has 0 N–H and O–H groups in total. The predicted molar refractivity (Wildman–Crippen MR) is 203 cm³/mol. The lowest BCUT2D eigenvalue weighted by atomic mass is 9.95. The number of hydrogen-bond acceptors (Lipinski definition) is 4. The van der Waals surface area contributed by atoms with Gasteiger partial charge in [-0.1, -0.05) is 140 Å². The van der Waals surface area contributed by atoms with E-state index < -0.39 is 0 Å². The van der Waals surface area contributed by atoms with E-state index in [2.05, 4.69) is 126 Å². The summed E-state index contributed by atoms with van der Waals surface area (Å²) in [5, 5.41) is 4.59. The van der Waals surface area contributed by atoms with Crippen LogP contribution in [0.3, 0.4) is 0 Å². The molecule has 0 spiro atoms. The first-order valence-electron chi connectivity index (χ1n) is 16.7. The molecule has 10 rings (SSSR count). The molecule has 0 radical (unpaired) electrons. The molecule has 0 fully saturated rings. The summed E-state index contributed by atoms with van der Waals surface area (Å²) in [5.74, 6) is 1.84. The third-order valence-electron chi connectivity index (χ3n) is 9.49. The van der Waals surface area contributed by atoms with Crippen LogP contribution in [-0.4, -0.2) is 19.5 Å². The average Bonchev–Trinajstić information content (AvgIpc) is 3.74. The molecule has 0 saturated carbocycles. The molecule has 0 saturated heterocycles. The fraction of sp³-hybridized carbons (Fsp3) is 0. The van der Waals surface area contributed by atoms with Crippen molar-refractivity contribution in [3.63, 3.8) is 0 Å². The Balaban J connectivity index is 1.08. The van der Waals surface area contributed by atoms with Gasteiger partial charge in [0.25, 0.3) is 0 Å². The fourth-order valence-corrected chi connectivity index (χ4v) is 7.14. The van der Waals surface area contributed by atoms with Gasteiger partial charge in [-0.25, -0.2) is 4.98 Å². The lowest BCUT2D eigenvalue weighted by Gasteiger charge is -2.11. The summed E-state index contributed by atoms with van der Waals surface area (Å²) in [5.41, 5.74) is 10.3. The first-order valence-corrected chi connectivity index (χ1v) is 16.7. The van der Waals surface area contributed by atoms with E-state index in [0.717, 1.165) is 77.1 Å². The van der Waals surface area contributed by atoms with Gasteiger partial charge in [0.1, 0.15) is 11.2 Å². The van der Waals surface area contributed by atoms with Crippen LogP contribution >= 0.6 is 0 Å². The summed E-state index contributed by atoms with van der Waals surface area (Å²) in [6, 6.07) is 58.6. The van der Waals surface area contributed by atoms with E-state index in [1.165, 1.54) is 0 Å². The quantitative estimate of drug-likeness (QED) is 0.188. The van der Waals surface area contributed by atoms with Gasteiger partial charge in [-0.2, -0.15) is 9.97 Å². The molecule has 5 nitrogen and oxygen atoms in total. The zero-order valence-corrected chi connectivity index (χ0v) is 26.9. The third kappa shape index (κ3) is 4.60. The van der Waals surface area contributed by atoms with Crippen LogP contribution in [0.25, 0.3) is 94.7 Å². The van der Waals surface area contributed by atoms with E-state index in [0.29, 0.717) is 17.6 Å². The largest absolute Gasteiger partial charge is 0.456 e. The minimum Gasteiger partial charge on any atom is -0.456 e. The van der Waals surface area contributed by atoms with Crippen LogP contribution in [0.2, 0.25) is 0 Å². The maximum Gasteiger partial charge on any atom is 0.238 e. The third-order valence-corrected chi connectivity index (χ3v) is 9.49. The van der Waals surface area contributed by atoms with E-state index in [1.807, 2.05) is 48.5 Å². The zero-order valence-electron chi connectivity index (χ0n) is 26.9. The van der Waals surface area contributed by atoms with Crippen molar-refractivity contribution in [2.75, 3.05) is 0 Å². The predicted octanol–water partition coefficient (Wildman–Crippen LogP) is 11.5. The Hall–Kier alpha value is -6.85. The molecule has 0 aliphatic heterocycles. The molecule has 0 unspecified atom stereocenters. The molecule has 10 aromatic rings. The van der Waals surface area contributed by atoms with Crippen LogP contribution in [0.15, 0.2) is 174 Å². The number of nitrogens with zero attached hydrogens (tertiary/aromatic N) is 4. The second kappa shape index (κ2) is 11.4. The molecule has 0 bridgehead atoms. The van der Waals surface area contributed by atoms with Crippen LogP contribution in [-0.2, 0) is 0 Å². The van der Waals surface area contributed by atoms with Crippen molar-refractivity contribution in [3.8, 4) is 51.0 Å². The molecule has 0 aliphatic rings. The summed E-state index contributed by atoms with van der Waals surface area (Å²) in [4.78, 5) is 15.2. The highest BCUT2D eigenvalue weighted by molar-refractivity contribution is 6.12. The Labute approximate surface area is 287 Å². The Kier molecular flexibility index (Phi) is 6.42. The second-order valence-electron chi connectivity index (χ2n) is 12.5. The molecule has 3 aromatic heterocycles. The molecule has 0 atom stereocenters. The monoisotopic (exact) mass is 640 g/mol. The maximum atomic E-state index is 6.18. The van der Waals surface area contributed by atoms with Gasteiger partial charge in [0.15, 0.2) is 11.6 Å². The minimum absolute atomic E-state index is 0.587. The molecule has 3 heterocycles. The number of aromatic nitrogens is 4. The van der Waals surface area contributed by atoms with Crippen molar-refractivity contribution >= 4 is 43.7 Å². The van der Waals surface area contributed by atoms with E-state index in [-0.39, 0.29) is 0 Å². The molecule has 0 amide bonds. The molecule has 0 aliphatic carbocycles. The Morgan fingerprint density at radius 2 is 0.920 bits per heavy atom. The summed E-state index contributed by atoms with van der Waals surface area (Å²) in [6.07, 6.45) is 0. The van der Waals surface area contributed by atoms with Gasteiger partial charge in [-0.15, -0.1) is 0 Å². The van der Waals surface area contributed by atoms with Crippen molar-refractivity contribution < 1.29 is 4.42 Å². The number of benzene rings is 7. The zero-order chi connectivity index (χ0) is 33.0. The van der Waals surface area contributed by atoms with E-state index in [4.69, 9.17) is 19.4 Å². The highest BCUT2D eigenvalue weighted by Gasteiger charge is 2.18.